The average Bonchev–Trinajstić information content (AvgIpc) is 2.88. The lowest BCUT2D eigenvalue weighted by molar-refractivity contribution is 0.934. The highest BCUT2D eigenvalue weighted by atomic mass is 15.3. The lowest BCUT2D eigenvalue weighted by Crippen LogP contribution is -1.95. The Bertz CT molecular complexity index is 539. The minimum absolute atomic E-state index is 0.449. The fraction of sp³-hybridized carbons (Fsp3) is 0.273. The van der Waals surface area contributed by atoms with Crippen molar-refractivity contribution in [1.82, 2.24) is 14.6 Å². The van der Waals surface area contributed by atoms with E-state index in [2.05, 4.69) is 22.3 Å². The van der Waals surface area contributed by atoms with Crippen LogP contribution in [0.2, 0.25) is 0 Å². The van der Waals surface area contributed by atoms with E-state index in [1.165, 1.54) is 24.0 Å². The van der Waals surface area contributed by atoms with Gasteiger partial charge in [-0.1, -0.05) is 6.08 Å². The third kappa shape index (κ3) is 1.29. The van der Waals surface area contributed by atoms with Gasteiger partial charge in [0.05, 0.1) is 0 Å². The molecular weight excluding hydrogens is 188 g/mol. The van der Waals surface area contributed by atoms with Crippen molar-refractivity contribution in [3.8, 4) is 0 Å². The van der Waals surface area contributed by atoms with E-state index in [-0.39, 0.29) is 0 Å². The predicted molar refractivity (Wildman–Crippen MR) is 59.2 cm³/mol. The molecule has 1 aliphatic carbocycles. The van der Waals surface area contributed by atoms with Gasteiger partial charge in [0.1, 0.15) is 0 Å². The van der Waals surface area contributed by atoms with Crippen molar-refractivity contribution < 1.29 is 0 Å². The van der Waals surface area contributed by atoms with Crippen LogP contribution < -0.4 is 5.73 Å². The van der Waals surface area contributed by atoms with Crippen LogP contribution in [0.15, 0.2) is 24.4 Å². The molecule has 0 aliphatic heterocycles. The zero-order valence-corrected chi connectivity index (χ0v) is 8.35. The van der Waals surface area contributed by atoms with Gasteiger partial charge in [-0.3, -0.25) is 4.40 Å². The van der Waals surface area contributed by atoms with E-state index < -0.39 is 0 Å². The summed E-state index contributed by atoms with van der Waals surface area (Å²) in [5, 5.41) is 7.79. The average molecular weight is 200 g/mol. The van der Waals surface area contributed by atoms with E-state index >= 15 is 0 Å². The van der Waals surface area contributed by atoms with Crippen molar-refractivity contribution in [3.63, 3.8) is 0 Å². The second-order valence-electron chi connectivity index (χ2n) is 3.83. The molecule has 0 spiro atoms. The molecule has 0 saturated carbocycles. The van der Waals surface area contributed by atoms with Gasteiger partial charge in [-0.05, 0) is 42.5 Å². The second kappa shape index (κ2) is 3.08. The van der Waals surface area contributed by atoms with Crippen LogP contribution in [0.4, 0.5) is 5.95 Å². The van der Waals surface area contributed by atoms with Crippen molar-refractivity contribution in [1.29, 1.82) is 0 Å². The van der Waals surface area contributed by atoms with Gasteiger partial charge in [-0.15, -0.1) is 10.2 Å². The zero-order valence-electron chi connectivity index (χ0n) is 8.35. The van der Waals surface area contributed by atoms with Gasteiger partial charge in [-0.25, -0.2) is 0 Å². The third-order valence-corrected chi connectivity index (χ3v) is 2.84. The van der Waals surface area contributed by atoms with Gasteiger partial charge < -0.3 is 5.73 Å². The van der Waals surface area contributed by atoms with E-state index in [9.17, 15) is 0 Å². The number of anilines is 1. The molecule has 0 fully saturated rings. The van der Waals surface area contributed by atoms with E-state index in [4.69, 9.17) is 5.73 Å². The Balaban J connectivity index is 2.16. The van der Waals surface area contributed by atoms with E-state index in [1.807, 2.05) is 16.7 Å². The number of hydrogen-bond donors (Lipinski definition) is 1. The Kier molecular flexibility index (Phi) is 1.74. The second-order valence-corrected chi connectivity index (χ2v) is 3.83. The molecule has 3 rings (SSSR count). The van der Waals surface area contributed by atoms with Crippen molar-refractivity contribution in [2.24, 2.45) is 0 Å². The maximum absolute atomic E-state index is 5.71. The molecular formula is C11H12N4. The molecule has 4 nitrogen and oxygen atoms in total. The quantitative estimate of drug-likeness (QED) is 0.764. The van der Waals surface area contributed by atoms with Crippen LogP contribution in [0.5, 0.6) is 0 Å². The summed E-state index contributed by atoms with van der Waals surface area (Å²) in [4.78, 5) is 0. The van der Waals surface area contributed by atoms with Crippen LogP contribution in [0.3, 0.4) is 0 Å². The van der Waals surface area contributed by atoms with Crippen molar-refractivity contribution in [2.45, 2.75) is 19.3 Å². The molecule has 0 aromatic carbocycles. The number of aromatic nitrogens is 3. The molecule has 0 radical (unpaired) electrons. The molecule has 0 unspecified atom stereocenters. The molecule has 0 saturated heterocycles. The number of fused-ring (bicyclic) bond motifs is 1. The number of nitrogens with zero attached hydrogens (tertiary/aromatic N) is 3. The Morgan fingerprint density at radius 1 is 1.27 bits per heavy atom. The number of nitrogens with two attached hydrogens (primary N) is 1. The van der Waals surface area contributed by atoms with Gasteiger partial charge in [0.15, 0.2) is 5.65 Å². The van der Waals surface area contributed by atoms with E-state index in [0.717, 1.165) is 12.1 Å². The minimum atomic E-state index is 0.449. The Labute approximate surface area is 87.4 Å². The molecule has 0 atom stereocenters. The molecule has 4 heteroatoms. The standard InChI is InChI=1S/C11H12N4/c12-11-14-13-10-6-5-9(7-15(10)11)8-3-1-2-4-8/h3,5-7H,1-2,4H2,(H2,12,14). The summed E-state index contributed by atoms with van der Waals surface area (Å²) < 4.78 is 1.83. The SMILES string of the molecule is Nc1nnc2ccc(C3=CCCC3)cn12. The van der Waals surface area contributed by atoms with Gasteiger partial charge in [-0.2, -0.15) is 0 Å². The summed E-state index contributed by atoms with van der Waals surface area (Å²) in [5.41, 5.74) is 9.15. The molecule has 0 bridgehead atoms. The minimum Gasteiger partial charge on any atom is -0.368 e. The first-order valence-electron chi connectivity index (χ1n) is 5.14. The number of pyridine rings is 1. The molecule has 2 N–H and O–H groups in total. The normalized spacial score (nSPS) is 15.9. The van der Waals surface area contributed by atoms with Crippen molar-refractivity contribution >= 4 is 17.2 Å². The van der Waals surface area contributed by atoms with Gasteiger partial charge in [0.2, 0.25) is 5.95 Å². The maximum atomic E-state index is 5.71. The lowest BCUT2D eigenvalue weighted by atomic mass is 10.1. The van der Waals surface area contributed by atoms with Gasteiger partial charge in [0.25, 0.3) is 0 Å². The number of rotatable bonds is 1. The molecule has 1 aliphatic rings. The van der Waals surface area contributed by atoms with Crippen LogP contribution >= 0.6 is 0 Å². The van der Waals surface area contributed by atoms with Gasteiger partial charge >= 0.3 is 0 Å². The Hall–Kier alpha value is -1.84. The summed E-state index contributed by atoms with van der Waals surface area (Å²) in [6, 6.07) is 4.04. The maximum Gasteiger partial charge on any atom is 0.226 e. The van der Waals surface area contributed by atoms with E-state index in [1.54, 1.807) is 0 Å². The zero-order chi connectivity index (χ0) is 10.3. The number of allylic oxidation sites excluding steroid dienone is 2. The molecule has 2 aromatic heterocycles. The van der Waals surface area contributed by atoms with E-state index in [0.29, 0.717) is 5.95 Å². The highest BCUT2D eigenvalue weighted by molar-refractivity contribution is 5.68. The highest BCUT2D eigenvalue weighted by Gasteiger charge is 2.09. The van der Waals surface area contributed by atoms with Crippen molar-refractivity contribution in [3.05, 3.63) is 30.0 Å². The first-order chi connectivity index (χ1) is 7.34. The first kappa shape index (κ1) is 8.47. The fourth-order valence-corrected chi connectivity index (χ4v) is 2.03. The summed E-state index contributed by atoms with van der Waals surface area (Å²) >= 11 is 0. The molecule has 15 heavy (non-hydrogen) atoms. The molecule has 0 amide bonds. The third-order valence-electron chi connectivity index (χ3n) is 2.84. The summed E-state index contributed by atoms with van der Waals surface area (Å²) in [6.45, 7) is 0. The van der Waals surface area contributed by atoms with Crippen molar-refractivity contribution in [2.75, 3.05) is 5.73 Å². The van der Waals surface area contributed by atoms with Crippen LogP contribution in [0, 0.1) is 0 Å². The Morgan fingerprint density at radius 2 is 2.20 bits per heavy atom. The molecule has 2 aromatic rings. The number of hydrogen-bond acceptors (Lipinski definition) is 3. The Morgan fingerprint density at radius 3 is 3.00 bits per heavy atom. The predicted octanol–water partition coefficient (Wildman–Crippen LogP) is 1.88. The largest absolute Gasteiger partial charge is 0.368 e. The molecule has 2 heterocycles. The molecule has 76 valence electrons. The van der Waals surface area contributed by atoms with Gasteiger partial charge in [0, 0.05) is 6.20 Å². The lowest BCUT2D eigenvalue weighted by Gasteiger charge is -2.02. The highest BCUT2D eigenvalue weighted by Crippen LogP contribution is 2.27. The number of nitrogen functional groups attached to an aromatic ring is 1. The first-order valence-corrected chi connectivity index (χ1v) is 5.14. The fourth-order valence-electron chi connectivity index (χ4n) is 2.03. The smallest absolute Gasteiger partial charge is 0.226 e. The summed E-state index contributed by atoms with van der Waals surface area (Å²) in [7, 11) is 0. The monoisotopic (exact) mass is 200 g/mol. The topological polar surface area (TPSA) is 56.2 Å². The van der Waals surface area contributed by atoms with Crippen LogP contribution in [0.25, 0.3) is 11.2 Å². The van der Waals surface area contributed by atoms with Crippen LogP contribution in [-0.4, -0.2) is 14.6 Å². The summed E-state index contributed by atoms with van der Waals surface area (Å²) in [5.74, 6) is 0.449. The van der Waals surface area contributed by atoms with Crippen LogP contribution in [-0.2, 0) is 0 Å². The summed E-state index contributed by atoms with van der Waals surface area (Å²) in [6.07, 6.45) is 7.91. The van der Waals surface area contributed by atoms with Crippen LogP contribution in [0.1, 0.15) is 24.8 Å².